The molecule has 0 aliphatic heterocycles. The van der Waals surface area contributed by atoms with Crippen molar-refractivity contribution in [3.63, 3.8) is 0 Å². The fourth-order valence-corrected chi connectivity index (χ4v) is 0.842. The van der Waals surface area contributed by atoms with Gasteiger partial charge >= 0.3 is 0 Å². The van der Waals surface area contributed by atoms with Crippen molar-refractivity contribution in [2.75, 3.05) is 14.0 Å². The van der Waals surface area contributed by atoms with Gasteiger partial charge in [-0.2, -0.15) is 0 Å². The maximum Gasteiger partial charge on any atom is 0.229 e. The fourth-order valence-electron chi connectivity index (χ4n) is 0.842. The molecular formula is C9H11F3O. The van der Waals surface area contributed by atoms with Gasteiger partial charge in [-0.05, 0) is 30.7 Å². The van der Waals surface area contributed by atoms with Gasteiger partial charge in [-0.3, -0.25) is 0 Å². The van der Waals surface area contributed by atoms with E-state index < -0.39 is 6.93 Å². The van der Waals surface area contributed by atoms with Crippen LogP contribution in [0.5, 0.6) is 5.75 Å². The van der Waals surface area contributed by atoms with Crippen molar-refractivity contribution in [3.05, 3.63) is 29.6 Å². The molecule has 1 aromatic rings. The maximum absolute atomic E-state index is 12.4. The fraction of sp³-hybridized carbons (Fsp3) is 0.333. The minimum Gasteiger partial charge on any atom is -0.496 e. The van der Waals surface area contributed by atoms with Crippen molar-refractivity contribution in [1.82, 2.24) is 0 Å². The zero-order valence-corrected chi connectivity index (χ0v) is 7.48. The Labute approximate surface area is 75.1 Å². The number of hydrogen-bond donors (Lipinski definition) is 0. The number of rotatable bonds is 1. The molecule has 0 heterocycles. The second-order valence-electron chi connectivity index (χ2n) is 2.21. The molecule has 1 nitrogen and oxygen atoms in total. The average Bonchev–Trinajstić information content (AvgIpc) is 2.06. The lowest BCUT2D eigenvalue weighted by atomic mass is 10.2. The van der Waals surface area contributed by atoms with Gasteiger partial charge in [0.15, 0.2) is 0 Å². The molecular weight excluding hydrogens is 181 g/mol. The number of benzene rings is 1. The Morgan fingerprint density at radius 1 is 1.31 bits per heavy atom. The molecule has 0 bridgehead atoms. The van der Waals surface area contributed by atoms with Crippen LogP contribution >= 0.6 is 0 Å². The van der Waals surface area contributed by atoms with E-state index in [-0.39, 0.29) is 5.82 Å². The summed E-state index contributed by atoms with van der Waals surface area (Å²) < 4.78 is 36.6. The molecule has 0 saturated carbocycles. The summed E-state index contributed by atoms with van der Waals surface area (Å²) in [5.74, 6) is 0.500. The lowest BCUT2D eigenvalue weighted by molar-refractivity contribution is 0.295. The third-order valence-electron chi connectivity index (χ3n) is 1.36. The zero-order chi connectivity index (χ0) is 10.3. The van der Waals surface area contributed by atoms with Crippen LogP contribution in [0, 0.1) is 12.7 Å². The monoisotopic (exact) mass is 192 g/mol. The molecule has 0 radical (unpaired) electrons. The van der Waals surface area contributed by atoms with E-state index in [1.165, 1.54) is 12.1 Å². The molecule has 0 aliphatic rings. The van der Waals surface area contributed by atoms with Crippen LogP contribution in [-0.4, -0.2) is 14.0 Å². The molecule has 0 saturated heterocycles. The van der Waals surface area contributed by atoms with E-state index in [2.05, 4.69) is 0 Å². The Balaban J connectivity index is 0.000000424. The van der Waals surface area contributed by atoms with E-state index >= 15 is 0 Å². The molecule has 0 N–H and O–H groups in total. The number of ether oxygens (including phenoxy) is 1. The first-order valence-electron chi connectivity index (χ1n) is 3.57. The standard InChI is InChI=1S/C8H9FO.CH2F2/c1-6-5-7(9)3-4-8(6)10-2;2-1-3/h3-5H,1-2H3;1H2. The second-order valence-corrected chi connectivity index (χ2v) is 2.21. The molecule has 0 unspecified atom stereocenters. The van der Waals surface area contributed by atoms with Crippen molar-refractivity contribution >= 4 is 0 Å². The van der Waals surface area contributed by atoms with Crippen molar-refractivity contribution in [3.8, 4) is 5.75 Å². The first kappa shape index (κ1) is 11.8. The summed E-state index contributed by atoms with van der Waals surface area (Å²) in [5.41, 5.74) is 0.822. The Morgan fingerprint density at radius 2 is 1.85 bits per heavy atom. The lowest BCUT2D eigenvalue weighted by Crippen LogP contribution is -1.86. The van der Waals surface area contributed by atoms with E-state index in [0.717, 1.165) is 11.3 Å². The first-order chi connectivity index (χ1) is 6.15. The quantitative estimate of drug-likeness (QED) is 0.664. The average molecular weight is 192 g/mol. The molecule has 0 spiro atoms. The summed E-state index contributed by atoms with van der Waals surface area (Å²) in [6.45, 7) is 0.0575. The SMILES string of the molecule is COc1ccc(F)cc1C.FCF. The van der Waals surface area contributed by atoms with Crippen LogP contribution in [0.3, 0.4) is 0 Å². The maximum atomic E-state index is 12.4. The number of halogens is 3. The highest BCUT2D eigenvalue weighted by Crippen LogP contribution is 2.16. The Morgan fingerprint density at radius 3 is 2.23 bits per heavy atom. The highest BCUT2D eigenvalue weighted by Gasteiger charge is 1.96. The smallest absolute Gasteiger partial charge is 0.229 e. The van der Waals surface area contributed by atoms with Crippen LogP contribution in [0.25, 0.3) is 0 Å². The van der Waals surface area contributed by atoms with Gasteiger partial charge < -0.3 is 4.74 Å². The number of aryl methyl sites for hydroxylation is 1. The molecule has 13 heavy (non-hydrogen) atoms. The van der Waals surface area contributed by atoms with Gasteiger partial charge in [0.1, 0.15) is 11.6 Å². The summed E-state index contributed by atoms with van der Waals surface area (Å²) in [6.07, 6.45) is 0. The van der Waals surface area contributed by atoms with Gasteiger partial charge in [0.05, 0.1) is 7.11 Å². The van der Waals surface area contributed by atoms with Gasteiger partial charge in [0.25, 0.3) is 0 Å². The summed E-state index contributed by atoms with van der Waals surface area (Å²) in [7, 11) is 1.57. The van der Waals surface area contributed by atoms with Gasteiger partial charge in [0, 0.05) is 0 Å². The Hall–Kier alpha value is -1.19. The highest BCUT2D eigenvalue weighted by atomic mass is 19.3. The van der Waals surface area contributed by atoms with Gasteiger partial charge in [-0.15, -0.1) is 0 Å². The van der Waals surface area contributed by atoms with E-state index in [0.29, 0.717) is 0 Å². The molecule has 0 amide bonds. The summed E-state index contributed by atoms with van der Waals surface area (Å²) in [5, 5.41) is 0. The molecule has 4 heteroatoms. The van der Waals surface area contributed by atoms with Gasteiger partial charge in [-0.25, -0.2) is 13.2 Å². The minimum atomic E-state index is -1.75. The summed E-state index contributed by atoms with van der Waals surface area (Å²) in [4.78, 5) is 0. The predicted octanol–water partition coefficient (Wildman–Crippen LogP) is 3.03. The third kappa shape index (κ3) is 4.40. The lowest BCUT2D eigenvalue weighted by Gasteiger charge is -2.01. The molecule has 0 atom stereocenters. The highest BCUT2D eigenvalue weighted by molar-refractivity contribution is 5.32. The predicted molar refractivity (Wildman–Crippen MR) is 44.8 cm³/mol. The van der Waals surface area contributed by atoms with Crippen molar-refractivity contribution in [2.24, 2.45) is 0 Å². The van der Waals surface area contributed by atoms with Crippen molar-refractivity contribution in [2.45, 2.75) is 6.92 Å². The molecule has 0 aliphatic carbocycles. The van der Waals surface area contributed by atoms with Crippen LogP contribution in [0.2, 0.25) is 0 Å². The molecule has 0 fully saturated rings. The van der Waals surface area contributed by atoms with Crippen molar-refractivity contribution in [1.29, 1.82) is 0 Å². The summed E-state index contributed by atoms with van der Waals surface area (Å²) >= 11 is 0. The largest absolute Gasteiger partial charge is 0.496 e. The molecule has 0 aromatic heterocycles. The van der Waals surface area contributed by atoms with Crippen LogP contribution in [0.4, 0.5) is 13.2 Å². The third-order valence-corrected chi connectivity index (χ3v) is 1.36. The normalized spacial score (nSPS) is 8.69. The van der Waals surface area contributed by atoms with Crippen molar-refractivity contribution < 1.29 is 17.9 Å². The molecule has 1 rings (SSSR count). The van der Waals surface area contributed by atoms with E-state index in [9.17, 15) is 13.2 Å². The van der Waals surface area contributed by atoms with E-state index in [1.807, 2.05) is 6.92 Å². The van der Waals surface area contributed by atoms with E-state index in [1.54, 1.807) is 13.2 Å². The Kier molecular flexibility index (Phi) is 5.76. The van der Waals surface area contributed by atoms with Crippen LogP contribution in [-0.2, 0) is 0 Å². The number of hydrogen-bond acceptors (Lipinski definition) is 1. The summed E-state index contributed by atoms with van der Waals surface area (Å²) in [6, 6.07) is 4.44. The van der Waals surface area contributed by atoms with Gasteiger partial charge in [-0.1, -0.05) is 0 Å². The van der Waals surface area contributed by atoms with Crippen LogP contribution in [0.1, 0.15) is 5.56 Å². The van der Waals surface area contributed by atoms with E-state index in [4.69, 9.17) is 4.74 Å². The molecule has 74 valence electrons. The Bertz CT molecular complexity index is 251. The molecule has 1 aromatic carbocycles. The number of alkyl halides is 2. The van der Waals surface area contributed by atoms with Crippen LogP contribution < -0.4 is 4.74 Å². The zero-order valence-electron chi connectivity index (χ0n) is 7.48. The van der Waals surface area contributed by atoms with Crippen LogP contribution in [0.15, 0.2) is 18.2 Å². The second kappa shape index (κ2) is 6.34. The topological polar surface area (TPSA) is 9.23 Å². The minimum absolute atomic E-state index is 0.224. The number of methoxy groups -OCH3 is 1. The van der Waals surface area contributed by atoms with Gasteiger partial charge in [0.2, 0.25) is 6.93 Å². The first-order valence-corrected chi connectivity index (χ1v) is 3.57.